The highest BCUT2D eigenvalue weighted by atomic mass is 16.5. The Bertz CT molecular complexity index is 401. The van der Waals surface area contributed by atoms with Gasteiger partial charge in [-0.05, 0) is 31.1 Å². The molecule has 0 saturated heterocycles. The lowest BCUT2D eigenvalue weighted by molar-refractivity contribution is -0.160. The van der Waals surface area contributed by atoms with Gasteiger partial charge in [0.15, 0.2) is 0 Å². The van der Waals surface area contributed by atoms with Crippen molar-refractivity contribution < 1.29 is 19.4 Å². The first-order valence-electron chi connectivity index (χ1n) is 7.66. The van der Waals surface area contributed by atoms with Crippen molar-refractivity contribution in [2.24, 2.45) is 17.3 Å². The zero-order valence-corrected chi connectivity index (χ0v) is 12.1. The van der Waals surface area contributed by atoms with Gasteiger partial charge in [-0.15, -0.1) is 0 Å². The van der Waals surface area contributed by atoms with Crippen LogP contribution in [0.15, 0.2) is 12.2 Å². The van der Waals surface area contributed by atoms with Gasteiger partial charge in [0.25, 0.3) is 0 Å². The number of hydrogen-bond donors (Lipinski definition) is 1. The van der Waals surface area contributed by atoms with Gasteiger partial charge in [-0.25, -0.2) is 0 Å². The van der Waals surface area contributed by atoms with Crippen molar-refractivity contribution in [3.8, 4) is 0 Å². The Morgan fingerprint density at radius 2 is 2.10 bits per heavy atom. The zero-order valence-electron chi connectivity index (χ0n) is 12.1. The summed E-state index contributed by atoms with van der Waals surface area (Å²) in [7, 11) is 0. The number of esters is 1. The molecule has 2 rings (SSSR count). The molecular weight excluding hydrogens is 256 g/mol. The summed E-state index contributed by atoms with van der Waals surface area (Å²) in [5.41, 5.74) is -0.917. The van der Waals surface area contributed by atoms with Gasteiger partial charge in [0.2, 0.25) is 0 Å². The van der Waals surface area contributed by atoms with Crippen molar-refractivity contribution in [3.05, 3.63) is 12.2 Å². The van der Waals surface area contributed by atoms with E-state index in [1.807, 2.05) is 6.08 Å². The molecule has 0 heterocycles. The van der Waals surface area contributed by atoms with Crippen LogP contribution >= 0.6 is 0 Å². The quantitative estimate of drug-likeness (QED) is 0.421. The van der Waals surface area contributed by atoms with Crippen LogP contribution in [0.5, 0.6) is 0 Å². The zero-order chi connectivity index (χ0) is 14.6. The molecule has 3 unspecified atom stereocenters. The highest BCUT2D eigenvalue weighted by Crippen LogP contribution is 2.54. The fourth-order valence-electron chi connectivity index (χ4n) is 3.50. The first-order chi connectivity index (χ1) is 9.58. The lowest BCUT2D eigenvalue weighted by atomic mass is 9.73. The van der Waals surface area contributed by atoms with E-state index in [-0.39, 0.29) is 18.3 Å². The summed E-state index contributed by atoms with van der Waals surface area (Å²) < 4.78 is 5.21. The van der Waals surface area contributed by atoms with Crippen LogP contribution in [-0.2, 0) is 14.3 Å². The van der Waals surface area contributed by atoms with E-state index in [1.54, 1.807) is 0 Å². The predicted molar refractivity (Wildman–Crippen MR) is 75.1 cm³/mol. The average molecular weight is 280 g/mol. The number of hydrogen-bond acceptors (Lipinski definition) is 3. The number of rotatable bonds is 8. The first kappa shape index (κ1) is 15.1. The maximum absolute atomic E-state index is 11.9. The Balaban J connectivity index is 1.82. The number of allylic oxidation sites excluding steroid dienone is 2. The molecule has 112 valence electrons. The topological polar surface area (TPSA) is 63.6 Å². The number of fused-ring (bicyclic) bond motifs is 2. The van der Waals surface area contributed by atoms with Crippen molar-refractivity contribution in [1.82, 2.24) is 0 Å². The van der Waals surface area contributed by atoms with E-state index in [0.29, 0.717) is 18.9 Å². The molecule has 0 aliphatic heterocycles. The predicted octanol–water partition coefficient (Wildman–Crippen LogP) is 3.17. The summed E-state index contributed by atoms with van der Waals surface area (Å²) in [6, 6.07) is 0. The Kier molecular flexibility index (Phi) is 4.84. The van der Waals surface area contributed by atoms with E-state index in [2.05, 4.69) is 13.0 Å². The van der Waals surface area contributed by atoms with E-state index in [9.17, 15) is 14.7 Å². The van der Waals surface area contributed by atoms with Gasteiger partial charge in [-0.3, -0.25) is 9.59 Å². The Labute approximate surface area is 120 Å². The summed E-state index contributed by atoms with van der Waals surface area (Å²) in [6.07, 6.45) is 9.73. The average Bonchev–Trinajstić information content (AvgIpc) is 2.99. The van der Waals surface area contributed by atoms with Crippen molar-refractivity contribution in [3.63, 3.8) is 0 Å². The fraction of sp³-hybridized carbons (Fsp3) is 0.750. The number of carbonyl (C=O) groups is 2. The van der Waals surface area contributed by atoms with Crippen LogP contribution in [-0.4, -0.2) is 23.7 Å². The minimum Gasteiger partial charge on any atom is -0.481 e. The maximum atomic E-state index is 11.9. The minimum atomic E-state index is -0.917. The summed E-state index contributed by atoms with van der Waals surface area (Å²) in [5, 5.41) is 9.53. The van der Waals surface area contributed by atoms with Gasteiger partial charge < -0.3 is 9.84 Å². The number of aliphatic carboxylic acids is 1. The Morgan fingerprint density at radius 3 is 2.65 bits per heavy atom. The lowest BCUT2D eigenvalue weighted by Crippen LogP contribution is -2.37. The molecule has 20 heavy (non-hydrogen) atoms. The summed E-state index contributed by atoms with van der Waals surface area (Å²) in [6.45, 7) is 2.55. The van der Waals surface area contributed by atoms with Crippen molar-refractivity contribution >= 4 is 11.9 Å². The van der Waals surface area contributed by atoms with Crippen LogP contribution in [0.4, 0.5) is 0 Å². The van der Waals surface area contributed by atoms with Gasteiger partial charge >= 0.3 is 11.9 Å². The number of carboxylic acids is 1. The number of carbonyl (C=O) groups excluding carboxylic acids is 1. The lowest BCUT2D eigenvalue weighted by Gasteiger charge is -2.30. The van der Waals surface area contributed by atoms with Crippen LogP contribution in [0.1, 0.15) is 51.9 Å². The summed E-state index contributed by atoms with van der Waals surface area (Å²) in [5.74, 6) is -0.881. The molecule has 0 radical (unpaired) electrons. The standard InChI is InChI=1S/C16H24O4/c1-2-3-4-5-8-20-14(17)11-16(15(18)19)10-12-6-7-13(16)9-12/h6-7,12-13H,2-5,8-11H2,1H3,(H,18,19). The van der Waals surface area contributed by atoms with E-state index in [4.69, 9.17) is 4.74 Å². The third-order valence-corrected chi connectivity index (χ3v) is 4.66. The molecule has 0 amide bonds. The molecule has 1 fully saturated rings. The van der Waals surface area contributed by atoms with E-state index < -0.39 is 11.4 Å². The fourth-order valence-corrected chi connectivity index (χ4v) is 3.50. The smallest absolute Gasteiger partial charge is 0.310 e. The number of unbranched alkanes of at least 4 members (excludes halogenated alkanes) is 3. The molecule has 0 aromatic heterocycles. The second-order valence-electron chi connectivity index (χ2n) is 6.11. The molecule has 1 N–H and O–H groups in total. The molecule has 3 atom stereocenters. The van der Waals surface area contributed by atoms with Crippen LogP contribution in [0, 0.1) is 17.3 Å². The molecule has 2 aliphatic carbocycles. The first-order valence-corrected chi connectivity index (χ1v) is 7.66. The van der Waals surface area contributed by atoms with E-state index >= 15 is 0 Å². The van der Waals surface area contributed by atoms with Crippen molar-refractivity contribution in [2.45, 2.75) is 51.9 Å². The van der Waals surface area contributed by atoms with Crippen molar-refractivity contribution in [1.29, 1.82) is 0 Å². The summed E-state index contributed by atoms with van der Waals surface area (Å²) in [4.78, 5) is 23.5. The van der Waals surface area contributed by atoms with Gasteiger partial charge in [0.05, 0.1) is 18.4 Å². The molecule has 4 nitrogen and oxygen atoms in total. The molecule has 0 aromatic rings. The molecule has 0 spiro atoms. The third-order valence-electron chi connectivity index (χ3n) is 4.66. The Hall–Kier alpha value is -1.32. The number of carboxylic acid groups (broad SMARTS) is 1. The van der Waals surface area contributed by atoms with Crippen LogP contribution < -0.4 is 0 Å². The Morgan fingerprint density at radius 1 is 1.30 bits per heavy atom. The van der Waals surface area contributed by atoms with Crippen LogP contribution in [0.3, 0.4) is 0 Å². The molecule has 4 heteroatoms. The molecular formula is C16H24O4. The number of ether oxygens (including phenoxy) is 1. The van der Waals surface area contributed by atoms with Gasteiger partial charge in [-0.1, -0.05) is 38.3 Å². The van der Waals surface area contributed by atoms with Crippen molar-refractivity contribution in [2.75, 3.05) is 6.61 Å². The highest BCUT2D eigenvalue weighted by Gasteiger charge is 2.54. The molecule has 0 aromatic carbocycles. The van der Waals surface area contributed by atoms with Gasteiger partial charge in [0, 0.05) is 0 Å². The van der Waals surface area contributed by atoms with E-state index in [0.717, 1.165) is 32.1 Å². The molecule has 2 aliphatic rings. The second-order valence-corrected chi connectivity index (χ2v) is 6.11. The molecule has 2 bridgehead atoms. The second kappa shape index (κ2) is 6.42. The largest absolute Gasteiger partial charge is 0.481 e. The normalized spacial score (nSPS) is 30.6. The van der Waals surface area contributed by atoms with E-state index in [1.165, 1.54) is 0 Å². The van der Waals surface area contributed by atoms with Crippen LogP contribution in [0.2, 0.25) is 0 Å². The SMILES string of the molecule is CCCCCCOC(=O)CC1(C(=O)O)CC2C=CC1C2. The summed E-state index contributed by atoms with van der Waals surface area (Å²) >= 11 is 0. The molecule has 1 saturated carbocycles. The third kappa shape index (κ3) is 3.05. The minimum absolute atomic E-state index is 0.00218. The van der Waals surface area contributed by atoms with Gasteiger partial charge in [-0.2, -0.15) is 0 Å². The van der Waals surface area contributed by atoms with Gasteiger partial charge in [0.1, 0.15) is 0 Å². The maximum Gasteiger partial charge on any atom is 0.310 e. The van der Waals surface area contributed by atoms with Crippen LogP contribution in [0.25, 0.3) is 0 Å². The monoisotopic (exact) mass is 280 g/mol. The highest BCUT2D eigenvalue weighted by molar-refractivity contribution is 5.83.